The van der Waals surface area contributed by atoms with Gasteiger partial charge >= 0.3 is 5.97 Å². The van der Waals surface area contributed by atoms with Crippen molar-refractivity contribution in [3.63, 3.8) is 0 Å². The highest BCUT2D eigenvalue weighted by Gasteiger charge is 2.13. The van der Waals surface area contributed by atoms with Crippen LogP contribution in [0, 0.1) is 6.92 Å². The zero-order valence-corrected chi connectivity index (χ0v) is 13.7. The molecule has 0 heterocycles. The molecule has 0 fully saturated rings. The van der Waals surface area contributed by atoms with Crippen LogP contribution in [0.25, 0.3) is 0 Å². The summed E-state index contributed by atoms with van der Waals surface area (Å²) in [5, 5.41) is 0. The maximum Gasteiger partial charge on any atom is 0.305 e. The van der Waals surface area contributed by atoms with Gasteiger partial charge in [-0.2, -0.15) is 0 Å². The molecule has 118 valence electrons. The van der Waals surface area contributed by atoms with Crippen LogP contribution in [-0.4, -0.2) is 41.3 Å². The molecule has 0 spiro atoms. The molecule has 7 heteroatoms. The third-order valence-corrected chi connectivity index (χ3v) is 4.36. The van der Waals surface area contributed by atoms with E-state index in [0.29, 0.717) is 5.69 Å². The maximum atomic E-state index is 12.0. The Balaban J connectivity index is 2.71. The van der Waals surface area contributed by atoms with Crippen LogP contribution in [0.4, 0.5) is 11.4 Å². The van der Waals surface area contributed by atoms with E-state index in [1.54, 1.807) is 12.1 Å². The van der Waals surface area contributed by atoms with Crippen molar-refractivity contribution in [2.24, 2.45) is 0 Å². The van der Waals surface area contributed by atoms with E-state index in [1.165, 1.54) is 7.11 Å². The third kappa shape index (κ3) is 5.63. The average molecular weight is 314 g/mol. The number of methoxy groups -OCH3 is 1. The summed E-state index contributed by atoms with van der Waals surface area (Å²) in [5.74, 6) is -0.525. The van der Waals surface area contributed by atoms with E-state index in [4.69, 9.17) is 0 Å². The van der Waals surface area contributed by atoms with Gasteiger partial charge in [-0.3, -0.25) is 9.52 Å². The molecule has 0 aliphatic rings. The first-order valence-corrected chi connectivity index (χ1v) is 8.25. The number of benzene rings is 1. The highest BCUT2D eigenvalue weighted by Crippen LogP contribution is 2.23. The first-order valence-electron chi connectivity index (χ1n) is 6.60. The Hall–Kier alpha value is -1.76. The zero-order chi connectivity index (χ0) is 16.0. The molecule has 0 unspecified atom stereocenters. The number of ether oxygens (including phenoxy) is 1. The minimum Gasteiger partial charge on any atom is -0.469 e. The summed E-state index contributed by atoms with van der Waals surface area (Å²) in [7, 11) is 1.61. The van der Waals surface area contributed by atoms with Gasteiger partial charge in [0.2, 0.25) is 10.0 Å². The number of sulfonamides is 1. The van der Waals surface area contributed by atoms with Gasteiger partial charge in [-0.15, -0.1) is 0 Å². The SMILES string of the molecule is COC(=O)CCCS(=O)(=O)Nc1ccc(C)c(N(C)C)c1. The predicted molar refractivity (Wildman–Crippen MR) is 84.2 cm³/mol. The fourth-order valence-electron chi connectivity index (χ4n) is 1.89. The van der Waals surface area contributed by atoms with Gasteiger partial charge < -0.3 is 9.64 Å². The summed E-state index contributed by atoms with van der Waals surface area (Å²) in [6, 6.07) is 5.37. The van der Waals surface area contributed by atoms with Crippen molar-refractivity contribution in [2.45, 2.75) is 19.8 Å². The Morgan fingerprint density at radius 3 is 2.57 bits per heavy atom. The molecule has 0 radical (unpaired) electrons. The van der Waals surface area contributed by atoms with Gasteiger partial charge in [-0.1, -0.05) is 6.07 Å². The van der Waals surface area contributed by atoms with Crippen molar-refractivity contribution < 1.29 is 17.9 Å². The van der Waals surface area contributed by atoms with Crippen LogP contribution in [-0.2, 0) is 19.6 Å². The Bertz CT molecular complexity index is 597. The van der Waals surface area contributed by atoms with Gasteiger partial charge in [0.1, 0.15) is 0 Å². The van der Waals surface area contributed by atoms with E-state index >= 15 is 0 Å². The fraction of sp³-hybridized carbons (Fsp3) is 0.500. The van der Waals surface area contributed by atoms with Gasteiger partial charge in [0.15, 0.2) is 0 Å². The van der Waals surface area contributed by atoms with Crippen LogP contribution in [0.1, 0.15) is 18.4 Å². The molecule has 0 atom stereocenters. The van der Waals surface area contributed by atoms with Crippen molar-refractivity contribution in [1.82, 2.24) is 0 Å². The smallest absolute Gasteiger partial charge is 0.305 e. The van der Waals surface area contributed by atoms with Crippen LogP contribution in [0.3, 0.4) is 0 Å². The monoisotopic (exact) mass is 314 g/mol. The van der Waals surface area contributed by atoms with Gasteiger partial charge in [-0.05, 0) is 31.0 Å². The number of carbonyl (C=O) groups excluding carboxylic acids is 1. The number of aryl methyl sites for hydroxylation is 1. The minimum absolute atomic E-state index is 0.0915. The molecule has 0 saturated heterocycles. The van der Waals surface area contributed by atoms with Crippen LogP contribution in [0.5, 0.6) is 0 Å². The molecule has 0 saturated carbocycles. The van der Waals surface area contributed by atoms with Crippen molar-refractivity contribution in [1.29, 1.82) is 0 Å². The quantitative estimate of drug-likeness (QED) is 0.776. The summed E-state index contributed by atoms with van der Waals surface area (Å²) in [6.45, 7) is 1.96. The molecule has 0 aliphatic carbocycles. The van der Waals surface area contributed by atoms with Gasteiger partial charge in [-0.25, -0.2) is 8.42 Å². The number of hydrogen-bond donors (Lipinski definition) is 1. The number of carbonyl (C=O) groups is 1. The molecular weight excluding hydrogens is 292 g/mol. The topological polar surface area (TPSA) is 75.7 Å². The van der Waals surface area contributed by atoms with E-state index in [-0.39, 0.29) is 18.6 Å². The van der Waals surface area contributed by atoms with Crippen molar-refractivity contribution in [3.8, 4) is 0 Å². The normalized spacial score (nSPS) is 11.0. The zero-order valence-electron chi connectivity index (χ0n) is 12.8. The molecule has 0 aromatic heterocycles. The summed E-state index contributed by atoms with van der Waals surface area (Å²) in [6.07, 6.45) is 0.322. The number of nitrogens with one attached hydrogen (secondary N) is 1. The van der Waals surface area contributed by atoms with Gasteiger partial charge in [0.25, 0.3) is 0 Å². The number of rotatable bonds is 7. The molecule has 1 N–H and O–H groups in total. The standard InChI is InChI=1S/C14H22N2O4S/c1-11-7-8-12(10-13(11)16(2)3)15-21(18,19)9-5-6-14(17)20-4/h7-8,10,15H,5-6,9H2,1-4H3. The Morgan fingerprint density at radius 1 is 1.33 bits per heavy atom. The molecule has 0 aliphatic heterocycles. The number of hydrogen-bond acceptors (Lipinski definition) is 5. The molecule has 0 bridgehead atoms. The second-order valence-corrected chi connectivity index (χ2v) is 6.84. The molecule has 0 amide bonds. The Labute approximate surface area is 126 Å². The van der Waals surface area contributed by atoms with Crippen molar-refractivity contribution in [2.75, 3.05) is 36.6 Å². The van der Waals surface area contributed by atoms with Crippen LogP contribution < -0.4 is 9.62 Å². The highest BCUT2D eigenvalue weighted by atomic mass is 32.2. The molecule has 1 rings (SSSR count). The van der Waals surface area contributed by atoms with Gasteiger partial charge in [0.05, 0.1) is 18.6 Å². The van der Waals surface area contributed by atoms with E-state index in [2.05, 4.69) is 9.46 Å². The largest absolute Gasteiger partial charge is 0.469 e. The second-order valence-electron chi connectivity index (χ2n) is 5.00. The van der Waals surface area contributed by atoms with Gasteiger partial charge in [0, 0.05) is 26.2 Å². The maximum absolute atomic E-state index is 12.0. The van der Waals surface area contributed by atoms with Crippen LogP contribution in [0.2, 0.25) is 0 Å². The van der Waals surface area contributed by atoms with E-state index in [0.717, 1.165) is 11.3 Å². The highest BCUT2D eigenvalue weighted by molar-refractivity contribution is 7.92. The lowest BCUT2D eigenvalue weighted by Crippen LogP contribution is -2.18. The summed E-state index contributed by atoms with van der Waals surface area (Å²) in [4.78, 5) is 12.9. The van der Waals surface area contributed by atoms with E-state index < -0.39 is 16.0 Å². The number of nitrogens with zero attached hydrogens (tertiary/aromatic N) is 1. The Morgan fingerprint density at radius 2 is 2.00 bits per heavy atom. The molecule has 1 aromatic rings. The second kappa shape index (κ2) is 7.31. The number of esters is 1. The third-order valence-electron chi connectivity index (χ3n) is 2.99. The minimum atomic E-state index is -3.47. The first-order chi connectivity index (χ1) is 9.75. The lowest BCUT2D eigenvalue weighted by atomic mass is 10.2. The van der Waals surface area contributed by atoms with E-state index in [1.807, 2.05) is 32.0 Å². The average Bonchev–Trinajstić information content (AvgIpc) is 2.39. The van der Waals surface area contributed by atoms with Crippen molar-refractivity contribution in [3.05, 3.63) is 23.8 Å². The van der Waals surface area contributed by atoms with Crippen LogP contribution >= 0.6 is 0 Å². The lowest BCUT2D eigenvalue weighted by molar-refractivity contribution is -0.140. The first kappa shape index (κ1) is 17.3. The molecule has 21 heavy (non-hydrogen) atoms. The lowest BCUT2D eigenvalue weighted by Gasteiger charge is -2.17. The Kier molecular flexibility index (Phi) is 6.02. The van der Waals surface area contributed by atoms with E-state index in [9.17, 15) is 13.2 Å². The number of anilines is 2. The van der Waals surface area contributed by atoms with Crippen LogP contribution in [0.15, 0.2) is 18.2 Å². The predicted octanol–water partition coefficient (Wildman–Crippen LogP) is 1.76. The molecular formula is C14H22N2O4S. The van der Waals surface area contributed by atoms with Crippen molar-refractivity contribution >= 4 is 27.4 Å². The fourth-order valence-corrected chi connectivity index (χ4v) is 3.01. The molecule has 6 nitrogen and oxygen atoms in total. The summed E-state index contributed by atoms with van der Waals surface area (Å²) >= 11 is 0. The summed E-state index contributed by atoms with van der Waals surface area (Å²) < 4.78 is 30.9. The molecule has 1 aromatic carbocycles. The summed E-state index contributed by atoms with van der Waals surface area (Å²) in [5.41, 5.74) is 2.53.